The fourth-order valence-electron chi connectivity index (χ4n) is 2.86. The van der Waals surface area contributed by atoms with Crippen molar-refractivity contribution in [1.82, 2.24) is 0 Å². The molecule has 0 unspecified atom stereocenters. The van der Waals surface area contributed by atoms with Crippen LogP contribution in [-0.2, 0) is 14.9 Å². The highest BCUT2D eigenvalue weighted by atomic mass is 16.5. The normalized spacial score (nSPS) is 14.5. The second-order valence-corrected chi connectivity index (χ2v) is 6.02. The van der Waals surface area contributed by atoms with Crippen LogP contribution in [0.2, 0.25) is 0 Å². The van der Waals surface area contributed by atoms with Crippen LogP contribution in [-0.4, -0.2) is 32.6 Å². The number of rotatable bonds is 7. The Hall–Kier alpha value is -2.82. The quantitative estimate of drug-likeness (QED) is 0.572. The van der Waals surface area contributed by atoms with E-state index in [9.17, 15) is 9.59 Å². The van der Waals surface area contributed by atoms with Gasteiger partial charge in [0.05, 0.1) is 19.6 Å². The van der Waals surface area contributed by atoms with Gasteiger partial charge < -0.3 is 14.2 Å². The SMILES string of the molecule is COc1ccc(C(=O)COC(=O)C2(c3ccccc3)CC2)cc1OC. The summed E-state index contributed by atoms with van der Waals surface area (Å²) in [5, 5.41) is 0. The largest absolute Gasteiger partial charge is 0.493 e. The highest BCUT2D eigenvalue weighted by Gasteiger charge is 2.52. The van der Waals surface area contributed by atoms with Gasteiger partial charge in [-0.25, -0.2) is 0 Å². The Balaban J connectivity index is 1.66. The van der Waals surface area contributed by atoms with Crippen molar-refractivity contribution in [3.63, 3.8) is 0 Å². The summed E-state index contributed by atoms with van der Waals surface area (Å²) in [6.45, 7) is -0.289. The summed E-state index contributed by atoms with van der Waals surface area (Å²) < 4.78 is 15.6. The van der Waals surface area contributed by atoms with Crippen LogP contribution in [0.25, 0.3) is 0 Å². The van der Waals surface area contributed by atoms with Crippen LogP contribution >= 0.6 is 0 Å². The first-order valence-corrected chi connectivity index (χ1v) is 8.09. The highest BCUT2D eigenvalue weighted by Crippen LogP contribution is 2.49. The predicted molar refractivity (Wildman–Crippen MR) is 92.2 cm³/mol. The van der Waals surface area contributed by atoms with Crippen molar-refractivity contribution in [2.45, 2.75) is 18.3 Å². The third-order valence-corrected chi connectivity index (χ3v) is 4.51. The Bertz CT molecular complexity index is 778. The maximum absolute atomic E-state index is 12.5. The molecule has 5 heteroatoms. The molecule has 25 heavy (non-hydrogen) atoms. The van der Waals surface area contributed by atoms with Crippen LogP contribution in [0.4, 0.5) is 0 Å². The Labute approximate surface area is 146 Å². The molecule has 0 bridgehead atoms. The Morgan fingerprint density at radius 1 is 0.960 bits per heavy atom. The highest BCUT2D eigenvalue weighted by molar-refractivity contribution is 5.99. The molecular formula is C20H20O5. The third-order valence-electron chi connectivity index (χ3n) is 4.51. The summed E-state index contributed by atoms with van der Waals surface area (Å²) in [6, 6.07) is 14.4. The molecule has 0 radical (unpaired) electrons. The van der Waals surface area contributed by atoms with Gasteiger partial charge in [0.2, 0.25) is 0 Å². The van der Waals surface area contributed by atoms with Crippen molar-refractivity contribution in [2.75, 3.05) is 20.8 Å². The molecule has 0 heterocycles. The first kappa shape index (κ1) is 17.0. The number of Topliss-reactive ketones (excluding diaryl/α,β-unsaturated/α-hetero) is 1. The molecular weight excluding hydrogens is 320 g/mol. The van der Waals surface area contributed by atoms with Crippen LogP contribution in [0.1, 0.15) is 28.8 Å². The van der Waals surface area contributed by atoms with E-state index in [2.05, 4.69) is 0 Å². The minimum absolute atomic E-state index is 0.279. The zero-order chi connectivity index (χ0) is 17.9. The van der Waals surface area contributed by atoms with Crippen molar-refractivity contribution >= 4 is 11.8 Å². The first-order valence-electron chi connectivity index (χ1n) is 8.09. The lowest BCUT2D eigenvalue weighted by Gasteiger charge is -2.14. The van der Waals surface area contributed by atoms with Gasteiger partial charge in [-0.15, -0.1) is 0 Å². The Morgan fingerprint density at radius 2 is 1.64 bits per heavy atom. The number of ether oxygens (including phenoxy) is 3. The molecule has 0 aromatic heterocycles. The molecule has 1 aliphatic carbocycles. The third kappa shape index (κ3) is 3.36. The molecule has 1 saturated carbocycles. The molecule has 130 valence electrons. The summed E-state index contributed by atoms with van der Waals surface area (Å²) in [4.78, 5) is 24.8. The molecule has 0 aliphatic heterocycles. The second kappa shape index (κ2) is 6.97. The van der Waals surface area contributed by atoms with Crippen molar-refractivity contribution in [2.24, 2.45) is 0 Å². The monoisotopic (exact) mass is 340 g/mol. The summed E-state index contributed by atoms with van der Waals surface area (Å²) in [5.41, 5.74) is 0.771. The molecule has 3 rings (SSSR count). The molecule has 5 nitrogen and oxygen atoms in total. The molecule has 0 amide bonds. The number of carbonyl (C=O) groups excluding carboxylic acids is 2. The second-order valence-electron chi connectivity index (χ2n) is 6.02. The van der Waals surface area contributed by atoms with E-state index in [1.165, 1.54) is 14.2 Å². The minimum atomic E-state index is -0.584. The zero-order valence-electron chi connectivity index (χ0n) is 14.3. The molecule has 0 saturated heterocycles. The minimum Gasteiger partial charge on any atom is -0.493 e. The lowest BCUT2D eigenvalue weighted by Crippen LogP contribution is -2.25. The maximum Gasteiger partial charge on any atom is 0.317 e. The number of hydrogen-bond donors (Lipinski definition) is 0. The number of hydrogen-bond acceptors (Lipinski definition) is 5. The summed E-state index contributed by atoms with van der Waals surface area (Å²) >= 11 is 0. The Morgan fingerprint density at radius 3 is 2.24 bits per heavy atom. The van der Waals surface area contributed by atoms with Crippen LogP contribution in [0.5, 0.6) is 11.5 Å². The lowest BCUT2D eigenvalue weighted by atomic mass is 9.96. The predicted octanol–water partition coefficient (Wildman–Crippen LogP) is 3.16. The van der Waals surface area contributed by atoms with E-state index in [0.29, 0.717) is 17.1 Å². The van der Waals surface area contributed by atoms with E-state index < -0.39 is 5.41 Å². The van der Waals surface area contributed by atoms with Crippen molar-refractivity contribution in [1.29, 1.82) is 0 Å². The first-order chi connectivity index (χ1) is 12.1. The molecule has 2 aromatic carbocycles. The van der Waals surface area contributed by atoms with Crippen molar-refractivity contribution < 1.29 is 23.8 Å². The van der Waals surface area contributed by atoms with Crippen LogP contribution in [0, 0.1) is 0 Å². The summed E-state index contributed by atoms with van der Waals surface area (Å²) in [6.07, 6.45) is 1.50. The standard InChI is InChI=1S/C20H20O5/c1-23-17-9-8-14(12-18(17)24-2)16(21)13-25-19(22)20(10-11-20)15-6-4-3-5-7-15/h3-9,12H,10-11,13H2,1-2H3. The molecule has 0 spiro atoms. The van der Waals surface area contributed by atoms with Crippen LogP contribution in [0.15, 0.2) is 48.5 Å². The van der Waals surface area contributed by atoms with E-state index in [4.69, 9.17) is 14.2 Å². The molecule has 0 N–H and O–H groups in total. The van der Waals surface area contributed by atoms with Crippen LogP contribution in [0.3, 0.4) is 0 Å². The van der Waals surface area contributed by atoms with Crippen molar-refractivity contribution in [3.8, 4) is 11.5 Å². The van der Waals surface area contributed by atoms with E-state index in [0.717, 1.165) is 18.4 Å². The Kier molecular flexibility index (Phi) is 4.74. The van der Waals surface area contributed by atoms with Gasteiger partial charge in [0.1, 0.15) is 0 Å². The van der Waals surface area contributed by atoms with Gasteiger partial charge >= 0.3 is 5.97 Å². The van der Waals surface area contributed by atoms with Gasteiger partial charge in [0.15, 0.2) is 23.9 Å². The zero-order valence-corrected chi connectivity index (χ0v) is 14.3. The van der Waals surface area contributed by atoms with E-state index in [1.807, 2.05) is 30.3 Å². The van der Waals surface area contributed by atoms with Gasteiger partial charge in [0, 0.05) is 5.56 Å². The van der Waals surface area contributed by atoms with Gasteiger partial charge in [-0.05, 0) is 36.6 Å². The average Bonchev–Trinajstić information content (AvgIpc) is 3.48. The molecule has 2 aromatic rings. The lowest BCUT2D eigenvalue weighted by molar-refractivity contribution is -0.145. The summed E-state index contributed by atoms with van der Waals surface area (Å²) in [7, 11) is 3.03. The van der Waals surface area contributed by atoms with Gasteiger partial charge in [-0.1, -0.05) is 30.3 Å². The molecule has 0 atom stereocenters. The maximum atomic E-state index is 12.5. The topological polar surface area (TPSA) is 61.8 Å². The average molecular weight is 340 g/mol. The number of ketones is 1. The number of esters is 1. The van der Waals surface area contributed by atoms with Gasteiger partial charge in [-0.2, -0.15) is 0 Å². The fourth-order valence-corrected chi connectivity index (χ4v) is 2.86. The van der Waals surface area contributed by atoms with Crippen LogP contribution < -0.4 is 9.47 Å². The van der Waals surface area contributed by atoms with Gasteiger partial charge in [-0.3, -0.25) is 9.59 Å². The van der Waals surface area contributed by atoms with E-state index in [-0.39, 0.29) is 18.4 Å². The molecule has 1 fully saturated rings. The van der Waals surface area contributed by atoms with Crippen molar-refractivity contribution in [3.05, 3.63) is 59.7 Å². The van der Waals surface area contributed by atoms with E-state index in [1.54, 1.807) is 18.2 Å². The smallest absolute Gasteiger partial charge is 0.317 e. The number of carbonyl (C=O) groups is 2. The van der Waals surface area contributed by atoms with E-state index >= 15 is 0 Å². The van der Waals surface area contributed by atoms with Gasteiger partial charge in [0.25, 0.3) is 0 Å². The number of benzene rings is 2. The summed E-state index contributed by atoms with van der Waals surface area (Å²) in [5.74, 6) is 0.380. The fraction of sp³-hybridized carbons (Fsp3) is 0.300. The number of methoxy groups -OCH3 is 2. The molecule has 1 aliphatic rings.